The first-order chi connectivity index (χ1) is 12.3. The van der Waals surface area contributed by atoms with E-state index in [9.17, 15) is 25.5 Å². The van der Waals surface area contributed by atoms with Crippen LogP contribution < -0.4 is 0 Å². The van der Waals surface area contributed by atoms with Crippen LogP contribution in [0.4, 0.5) is 0 Å². The summed E-state index contributed by atoms with van der Waals surface area (Å²) in [5, 5.41) is 48.5. The summed E-state index contributed by atoms with van der Waals surface area (Å²) < 4.78 is 0. The Hall–Kier alpha value is -3.34. The molecular formula is C21H20O5. The highest BCUT2D eigenvalue weighted by atomic mass is 16.3. The van der Waals surface area contributed by atoms with Crippen LogP contribution in [0.15, 0.2) is 48.5 Å². The molecule has 5 nitrogen and oxygen atoms in total. The van der Waals surface area contributed by atoms with Gasteiger partial charge in [0.25, 0.3) is 0 Å². The smallest absolute Gasteiger partial charge is 0.157 e. The highest BCUT2D eigenvalue weighted by molar-refractivity contribution is 5.49. The fraction of sp³-hybridized carbons (Fsp3) is 0.143. The molecule has 5 N–H and O–H groups in total. The van der Waals surface area contributed by atoms with Crippen molar-refractivity contribution in [1.29, 1.82) is 0 Å². The molecule has 5 heteroatoms. The molecule has 0 amide bonds. The van der Waals surface area contributed by atoms with Gasteiger partial charge in [0.05, 0.1) is 0 Å². The maximum Gasteiger partial charge on any atom is 0.157 e. The van der Waals surface area contributed by atoms with Crippen LogP contribution in [0, 0.1) is 6.92 Å². The van der Waals surface area contributed by atoms with Gasteiger partial charge in [0.1, 0.15) is 5.75 Å². The lowest BCUT2D eigenvalue weighted by Gasteiger charge is -2.12. The molecule has 3 aromatic carbocycles. The summed E-state index contributed by atoms with van der Waals surface area (Å²) >= 11 is 0. The van der Waals surface area contributed by atoms with E-state index in [1.807, 2.05) is 19.1 Å². The molecule has 3 rings (SSSR count). The Morgan fingerprint density at radius 1 is 0.577 bits per heavy atom. The van der Waals surface area contributed by atoms with Gasteiger partial charge in [-0.05, 0) is 65.4 Å². The van der Waals surface area contributed by atoms with Crippen LogP contribution >= 0.6 is 0 Å². The van der Waals surface area contributed by atoms with Crippen molar-refractivity contribution >= 4 is 0 Å². The largest absolute Gasteiger partial charge is 0.507 e. The van der Waals surface area contributed by atoms with Gasteiger partial charge in [0.15, 0.2) is 23.0 Å². The molecule has 26 heavy (non-hydrogen) atoms. The molecule has 0 bridgehead atoms. The number of hydrogen-bond donors (Lipinski definition) is 5. The molecular weight excluding hydrogens is 332 g/mol. The minimum absolute atomic E-state index is 0.163. The van der Waals surface area contributed by atoms with Crippen LogP contribution in [-0.4, -0.2) is 25.5 Å². The fourth-order valence-corrected chi connectivity index (χ4v) is 2.98. The Balaban J connectivity index is 1.91. The van der Waals surface area contributed by atoms with E-state index in [1.165, 1.54) is 24.3 Å². The Kier molecular flexibility index (Phi) is 4.63. The maximum atomic E-state index is 10.4. The molecule has 0 unspecified atom stereocenters. The van der Waals surface area contributed by atoms with Crippen LogP contribution in [0.5, 0.6) is 28.7 Å². The lowest BCUT2D eigenvalue weighted by Crippen LogP contribution is -1.96. The average Bonchev–Trinajstić information content (AvgIpc) is 2.59. The van der Waals surface area contributed by atoms with Gasteiger partial charge in [0.2, 0.25) is 0 Å². The molecule has 0 aliphatic carbocycles. The summed E-state index contributed by atoms with van der Waals surface area (Å²) in [5.41, 5.74) is 3.97. The standard InChI is InChI=1S/C21H20O5/c1-12-6-15(7-13-2-4-17(22)19(24)10-13)9-16(21(12)26)8-14-3-5-18(23)20(25)11-14/h2-6,9-11,22-26H,7-8H2,1H3. The molecule has 0 spiro atoms. The number of phenolic OH excluding ortho intramolecular Hbond substituents is 5. The lowest BCUT2D eigenvalue weighted by molar-refractivity contribution is 0.403. The summed E-state index contributed by atoms with van der Waals surface area (Å²) in [4.78, 5) is 0. The Bertz CT molecular complexity index is 963. The van der Waals surface area contributed by atoms with E-state index in [1.54, 1.807) is 12.1 Å². The predicted molar refractivity (Wildman–Crippen MR) is 98.0 cm³/mol. The van der Waals surface area contributed by atoms with Gasteiger partial charge in [0, 0.05) is 6.42 Å². The highest BCUT2D eigenvalue weighted by Gasteiger charge is 2.11. The second-order valence-electron chi connectivity index (χ2n) is 6.42. The van der Waals surface area contributed by atoms with Crippen LogP contribution in [-0.2, 0) is 12.8 Å². The van der Waals surface area contributed by atoms with E-state index >= 15 is 0 Å². The van der Waals surface area contributed by atoms with Crippen LogP contribution in [0.2, 0.25) is 0 Å². The van der Waals surface area contributed by atoms with E-state index < -0.39 is 0 Å². The number of benzene rings is 3. The predicted octanol–water partition coefficient (Wildman–Crippen LogP) is 3.70. The third-order valence-electron chi connectivity index (χ3n) is 4.32. The zero-order valence-electron chi connectivity index (χ0n) is 14.3. The van der Waals surface area contributed by atoms with E-state index in [2.05, 4.69) is 0 Å². The van der Waals surface area contributed by atoms with Crippen LogP contribution in [0.3, 0.4) is 0 Å². The van der Waals surface area contributed by atoms with Crippen LogP contribution in [0.1, 0.15) is 27.8 Å². The summed E-state index contributed by atoms with van der Waals surface area (Å²) in [6, 6.07) is 13.0. The minimum Gasteiger partial charge on any atom is -0.507 e. The molecule has 0 atom stereocenters. The monoisotopic (exact) mass is 352 g/mol. The van der Waals surface area contributed by atoms with E-state index in [0.29, 0.717) is 18.4 Å². The molecule has 0 fully saturated rings. The molecule has 0 heterocycles. The quantitative estimate of drug-likeness (QED) is 0.461. The Morgan fingerprint density at radius 2 is 1.12 bits per heavy atom. The number of rotatable bonds is 4. The van der Waals surface area contributed by atoms with Gasteiger partial charge in [-0.15, -0.1) is 0 Å². The van der Waals surface area contributed by atoms with Gasteiger partial charge in [-0.2, -0.15) is 0 Å². The topological polar surface area (TPSA) is 101 Å². The van der Waals surface area contributed by atoms with Crippen LogP contribution in [0.25, 0.3) is 0 Å². The number of phenols is 5. The van der Waals surface area contributed by atoms with E-state index in [4.69, 9.17) is 0 Å². The van der Waals surface area contributed by atoms with Gasteiger partial charge >= 0.3 is 0 Å². The summed E-state index contributed by atoms with van der Waals surface area (Å²) in [6.07, 6.45) is 0.929. The first-order valence-electron chi connectivity index (χ1n) is 8.16. The number of aryl methyl sites for hydroxylation is 1. The van der Waals surface area contributed by atoms with Crippen molar-refractivity contribution in [2.24, 2.45) is 0 Å². The molecule has 134 valence electrons. The van der Waals surface area contributed by atoms with E-state index in [0.717, 1.165) is 22.3 Å². The summed E-state index contributed by atoms with van der Waals surface area (Å²) in [6.45, 7) is 1.81. The third-order valence-corrected chi connectivity index (χ3v) is 4.32. The van der Waals surface area contributed by atoms with Crippen molar-refractivity contribution < 1.29 is 25.5 Å². The molecule has 0 radical (unpaired) electrons. The van der Waals surface area contributed by atoms with Crippen molar-refractivity contribution in [3.63, 3.8) is 0 Å². The Labute approximate surface area is 151 Å². The molecule has 0 aromatic heterocycles. The summed E-state index contributed by atoms with van der Waals surface area (Å²) in [7, 11) is 0. The van der Waals surface area contributed by atoms with E-state index in [-0.39, 0.29) is 28.7 Å². The van der Waals surface area contributed by atoms with Gasteiger partial charge in [-0.1, -0.05) is 24.3 Å². The third kappa shape index (κ3) is 3.67. The maximum absolute atomic E-state index is 10.4. The molecule has 0 aliphatic heterocycles. The zero-order chi connectivity index (χ0) is 18.8. The first-order valence-corrected chi connectivity index (χ1v) is 8.16. The van der Waals surface area contributed by atoms with Gasteiger partial charge in [-0.3, -0.25) is 0 Å². The molecule has 3 aromatic rings. The second kappa shape index (κ2) is 6.88. The number of aromatic hydroxyl groups is 5. The molecule has 0 saturated carbocycles. The van der Waals surface area contributed by atoms with Crippen molar-refractivity contribution in [2.75, 3.05) is 0 Å². The molecule has 0 aliphatic rings. The first kappa shape index (κ1) is 17.5. The fourth-order valence-electron chi connectivity index (χ4n) is 2.98. The Morgan fingerprint density at radius 3 is 1.65 bits per heavy atom. The van der Waals surface area contributed by atoms with Crippen molar-refractivity contribution in [1.82, 2.24) is 0 Å². The average molecular weight is 352 g/mol. The van der Waals surface area contributed by atoms with Crippen molar-refractivity contribution in [3.8, 4) is 28.7 Å². The van der Waals surface area contributed by atoms with Gasteiger partial charge in [-0.25, -0.2) is 0 Å². The summed E-state index contributed by atoms with van der Waals surface area (Å²) in [5.74, 6) is -0.527. The van der Waals surface area contributed by atoms with Crippen molar-refractivity contribution in [3.05, 3.63) is 76.3 Å². The lowest BCUT2D eigenvalue weighted by atomic mass is 9.95. The molecule has 0 saturated heterocycles. The SMILES string of the molecule is Cc1cc(Cc2ccc(O)c(O)c2)cc(Cc2ccc(O)c(O)c2)c1O. The zero-order valence-corrected chi connectivity index (χ0v) is 14.3. The van der Waals surface area contributed by atoms with Crippen molar-refractivity contribution in [2.45, 2.75) is 19.8 Å². The number of hydrogen-bond acceptors (Lipinski definition) is 5. The second-order valence-corrected chi connectivity index (χ2v) is 6.42. The normalized spacial score (nSPS) is 10.8. The minimum atomic E-state index is -0.200. The van der Waals surface area contributed by atoms with Gasteiger partial charge < -0.3 is 25.5 Å². The highest BCUT2D eigenvalue weighted by Crippen LogP contribution is 2.31.